The number of hydrogen-bond donors (Lipinski definition) is 1. The summed E-state index contributed by atoms with van der Waals surface area (Å²) < 4.78 is 1.67. The first-order valence-electron chi connectivity index (χ1n) is 9.63. The van der Waals surface area contributed by atoms with Gasteiger partial charge in [-0.05, 0) is 36.5 Å². The highest BCUT2D eigenvalue weighted by Gasteiger charge is 2.28. The molecule has 1 aliphatic rings. The van der Waals surface area contributed by atoms with Gasteiger partial charge in [-0.25, -0.2) is 4.98 Å². The van der Waals surface area contributed by atoms with Crippen molar-refractivity contribution in [1.82, 2.24) is 9.55 Å². The van der Waals surface area contributed by atoms with Crippen LogP contribution in [0.15, 0.2) is 40.3 Å². The summed E-state index contributed by atoms with van der Waals surface area (Å²) in [7, 11) is 0. The number of benzene rings is 1. The number of carbonyl (C=O) groups is 1. The minimum atomic E-state index is -0.143. The van der Waals surface area contributed by atoms with Crippen LogP contribution < -0.4 is 10.9 Å². The van der Waals surface area contributed by atoms with Crippen LogP contribution in [0.2, 0.25) is 0 Å². The summed E-state index contributed by atoms with van der Waals surface area (Å²) in [5, 5.41) is 3.67. The van der Waals surface area contributed by atoms with E-state index in [4.69, 9.17) is 0 Å². The third kappa shape index (κ3) is 4.80. The predicted octanol–water partition coefficient (Wildman–Crippen LogP) is 4.38. The van der Waals surface area contributed by atoms with E-state index in [1.165, 1.54) is 18.4 Å². The van der Waals surface area contributed by atoms with E-state index in [0.29, 0.717) is 5.75 Å². The lowest BCUT2D eigenvalue weighted by molar-refractivity contribution is -0.116. The lowest BCUT2D eigenvalue weighted by Gasteiger charge is -2.14. The first-order valence-corrected chi connectivity index (χ1v) is 10.6. The molecule has 1 unspecified atom stereocenters. The van der Waals surface area contributed by atoms with E-state index < -0.39 is 0 Å². The molecule has 1 N–H and O–H groups in total. The fourth-order valence-corrected chi connectivity index (χ4v) is 4.33. The van der Waals surface area contributed by atoms with E-state index in [1.54, 1.807) is 22.4 Å². The Labute approximate surface area is 164 Å². The highest BCUT2D eigenvalue weighted by molar-refractivity contribution is 7.99. The van der Waals surface area contributed by atoms with Gasteiger partial charge in [0.2, 0.25) is 5.91 Å². The quantitative estimate of drug-likeness (QED) is 0.718. The number of fused-ring (bicyclic) bond motifs is 1. The first kappa shape index (κ1) is 19.7. The molecule has 1 amide bonds. The average Bonchev–Trinajstić information content (AvgIpc) is 3.04. The number of unbranched alkanes of at least 4 members (excludes halogenated alkanes) is 1. The molecule has 144 valence electrons. The molecule has 1 aromatic heterocycles. The van der Waals surface area contributed by atoms with Crippen LogP contribution in [0.5, 0.6) is 0 Å². The number of aryl methyl sites for hydroxylation is 1. The summed E-state index contributed by atoms with van der Waals surface area (Å²) in [6.45, 7) is 6.23. The number of carbonyl (C=O) groups excluding carboxylic acids is 1. The third-order valence-corrected chi connectivity index (χ3v) is 5.88. The van der Waals surface area contributed by atoms with E-state index in [0.717, 1.165) is 23.0 Å². The average molecular weight is 386 g/mol. The maximum atomic E-state index is 12.5. The smallest absolute Gasteiger partial charge is 0.254 e. The second-order valence-corrected chi connectivity index (χ2v) is 8.33. The number of nitrogens with one attached hydrogen (secondary N) is 1. The molecule has 0 radical (unpaired) electrons. The fourth-order valence-electron chi connectivity index (χ4n) is 3.18. The topological polar surface area (TPSA) is 64.0 Å². The van der Waals surface area contributed by atoms with Gasteiger partial charge >= 0.3 is 0 Å². The van der Waals surface area contributed by atoms with Crippen molar-refractivity contribution in [2.75, 3.05) is 11.1 Å². The molecule has 0 saturated heterocycles. The number of aromatic nitrogens is 2. The van der Waals surface area contributed by atoms with Gasteiger partial charge in [0, 0.05) is 23.9 Å². The maximum Gasteiger partial charge on any atom is 0.254 e. The van der Waals surface area contributed by atoms with Gasteiger partial charge in [0.05, 0.1) is 11.7 Å². The SMILES string of the molecule is CCCCc1ccc(NC(=O)CC2CSc3nc(C(C)C)cc(=O)n32)cc1. The summed E-state index contributed by atoms with van der Waals surface area (Å²) in [6, 6.07) is 9.48. The summed E-state index contributed by atoms with van der Waals surface area (Å²) in [5.41, 5.74) is 2.83. The standard InChI is InChI=1S/C21H27N3O2S/c1-4-5-6-15-7-9-16(10-8-15)22-19(25)11-17-13-27-21-23-18(14(2)3)12-20(26)24(17)21/h7-10,12,14,17H,4-6,11,13H2,1-3H3,(H,22,25). The molecule has 2 heterocycles. The molecule has 1 atom stereocenters. The van der Waals surface area contributed by atoms with Gasteiger partial charge in [-0.2, -0.15) is 0 Å². The Balaban J connectivity index is 1.64. The van der Waals surface area contributed by atoms with E-state index in [2.05, 4.69) is 29.4 Å². The Bertz CT molecular complexity index is 859. The fraction of sp³-hybridized carbons (Fsp3) is 0.476. The van der Waals surface area contributed by atoms with Crippen LogP contribution in [0.3, 0.4) is 0 Å². The number of anilines is 1. The Morgan fingerprint density at radius 1 is 1.33 bits per heavy atom. The molecular formula is C21H27N3O2S. The third-order valence-electron chi connectivity index (χ3n) is 4.78. The van der Waals surface area contributed by atoms with Crippen molar-refractivity contribution < 1.29 is 4.79 Å². The van der Waals surface area contributed by atoms with Gasteiger partial charge in [-0.3, -0.25) is 14.2 Å². The van der Waals surface area contributed by atoms with Crippen molar-refractivity contribution in [1.29, 1.82) is 0 Å². The van der Waals surface area contributed by atoms with Crippen molar-refractivity contribution in [3.8, 4) is 0 Å². The number of amides is 1. The molecule has 0 fully saturated rings. The van der Waals surface area contributed by atoms with Crippen LogP contribution >= 0.6 is 11.8 Å². The molecule has 0 spiro atoms. The zero-order chi connectivity index (χ0) is 19.4. The van der Waals surface area contributed by atoms with Crippen molar-refractivity contribution in [2.45, 2.75) is 63.6 Å². The highest BCUT2D eigenvalue weighted by Crippen LogP contribution is 2.33. The molecule has 6 heteroatoms. The van der Waals surface area contributed by atoms with E-state index >= 15 is 0 Å². The van der Waals surface area contributed by atoms with Crippen LogP contribution in [0.25, 0.3) is 0 Å². The van der Waals surface area contributed by atoms with Gasteiger partial charge in [-0.15, -0.1) is 0 Å². The van der Waals surface area contributed by atoms with Crippen LogP contribution in [0, 0.1) is 0 Å². The Morgan fingerprint density at radius 3 is 2.74 bits per heavy atom. The Kier molecular flexibility index (Phi) is 6.37. The molecule has 1 aromatic carbocycles. The van der Waals surface area contributed by atoms with E-state index in [-0.39, 0.29) is 29.8 Å². The summed E-state index contributed by atoms with van der Waals surface area (Å²) in [6.07, 6.45) is 3.69. The van der Waals surface area contributed by atoms with Gasteiger partial charge in [-0.1, -0.05) is 51.1 Å². The molecule has 0 saturated carbocycles. The van der Waals surface area contributed by atoms with Crippen LogP contribution in [-0.2, 0) is 11.2 Å². The predicted molar refractivity (Wildman–Crippen MR) is 111 cm³/mol. The highest BCUT2D eigenvalue weighted by atomic mass is 32.2. The van der Waals surface area contributed by atoms with Crippen molar-refractivity contribution >= 4 is 23.4 Å². The zero-order valence-electron chi connectivity index (χ0n) is 16.2. The van der Waals surface area contributed by atoms with Gasteiger partial charge < -0.3 is 5.32 Å². The molecule has 5 nitrogen and oxygen atoms in total. The monoisotopic (exact) mass is 385 g/mol. The second-order valence-electron chi connectivity index (χ2n) is 7.34. The van der Waals surface area contributed by atoms with Crippen molar-refractivity contribution in [3.63, 3.8) is 0 Å². The molecular weight excluding hydrogens is 358 g/mol. The molecule has 0 aliphatic carbocycles. The van der Waals surface area contributed by atoms with Gasteiger partial charge in [0.1, 0.15) is 0 Å². The molecule has 0 bridgehead atoms. The van der Waals surface area contributed by atoms with Gasteiger partial charge in [0.15, 0.2) is 5.16 Å². The van der Waals surface area contributed by atoms with E-state index in [1.807, 2.05) is 26.0 Å². The number of rotatable bonds is 7. The Hall–Kier alpha value is -2.08. The van der Waals surface area contributed by atoms with Crippen molar-refractivity contribution in [2.24, 2.45) is 0 Å². The van der Waals surface area contributed by atoms with Gasteiger partial charge in [0.25, 0.3) is 5.56 Å². The first-order chi connectivity index (χ1) is 13.0. The molecule has 1 aliphatic heterocycles. The Morgan fingerprint density at radius 2 is 2.07 bits per heavy atom. The summed E-state index contributed by atoms with van der Waals surface area (Å²) in [4.78, 5) is 29.5. The van der Waals surface area contributed by atoms with Crippen LogP contribution in [0.4, 0.5) is 5.69 Å². The lowest BCUT2D eigenvalue weighted by atomic mass is 10.1. The summed E-state index contributed by atoms with van der Waals surface area (Å²) >= 11 is 1.55. The van der Waals surface area contributed by atoms with Crippen molar-refractivity contribution in [3.05, 3.63) is 51.9 Å². The van der Waals surface area contributed by atoms with E-state index in [9.17, 15) is 9.59 Å². The number of nitrogens with zero attached hydrogens (tertiary/aromatic N) is 2. The lowest BCUT2D eigenvalue weighted by Crippen LogP contribution is -2.28. The van der Waals surface area contributed by atoms with Crippen LogP contribution in [0.1, 0.15) is 63.3 Å². The normalized spacial score (nSPS) is 15.8. The minimum absolute atomic E-state index is 0.0632. The maximum absolute atomic E-state index is 12.5. The minimum Gasteiger partial charge on any atom is -0.326 e. The molecule has 27 heavy (non-hydrogen) atoms. The number of thioether (sulfide) groups is 1. The largest absolute Gasteiger partial charge is 0.326 e. The number of hydrogen-bond acceptors (Lipinski definition) is 4. The molecule has 2 aromatic rings. The van der Waals surface area contributed by atoms with Crippen LogP contribution in [-0.4, -0.2) is 21.2 Å². The summed E-state index contributed by atoms with van der Waals surface area (Å²) in [5.74, 6) is 0.842. The molecule has 3 rings (SSSR count). The second kappa shape index (κ2) is 8.74. The zero-order valence-corrected chi connectivity index (χ0v) is 17.0.